The molecule has 0 aromatic carbocycles. The molecule has 0 spiro atoms. The average Bonchev–Trinajstić information content (AvgIpc) is 2.83. The van der Waals surface area contributed by atoms with E-state index in [0.717, 1.165) is 44.9 Å². The van der Waals surface area contributed by atoms with Crippen molar-refractivity contribution in [1.82, 2.24) is 0 Å². The summed E-state index contributed by atoms with van der Waals surface area (Å²) in [5.74, 6) is -0.246. The first-order chi connectivity index (χ1) is 16.7. The smallest absolute Gasteiger partial charge is 0.308 e. The zero-order valence-corrected chi connectivity index (χ0v) is 23.2. The molecule has 0 aliphatic heterocycles. The number of hydrogen-bond donors (Lipinski definition) is 0. The van der Waals surface area contributed by atoms with E-state index in [1.165, 1.54) is 83.5 Å². The van der Waals surface area contributed by atoms with Gasteiger partial charge < -0.3 is 9.47 Å². The predicted octanol–water partition coefficient (Wildman–Crippen LogP) is 9.33. The van der Waals surface area contributed by atoms with Crippen molar-refractivity contribution < 1.29 is 19.1 Å². The fourth-order valence-corrected chi connectivity index (χ4v) is 4.36. The van der Waals surface area contributed by atoms with E-state index in [1.807, 2.05) is 0 Å². The Morgan fingerprint density at radius 2 is 0.912 bits per heavy atom. The lowest BCUT2D eigenvalue weighted by atomic mass is 9.95. The van der Waals surface area contributed by atoms with Crippen LogP contribution in [0.3, 0.4) is 0 Å². The van der Waals surface area contributed by atoms with Crippen LogP contribution in [0, 0.1) is 5.92 Å². The molecule has 34 heavy (non-hydrogen) atoms. The summed E-state index contributed by atoms with van der Waals surface area (Å²) >= 11 is 0. The summed E-state index contributed by atoms with van der Waals surface area (Å²) in [4.78, 5) is 24.7. The van der Waals surface area contributed by atoms with Crippen LogP contribution >= 0.6 is 0 Å². The molecule has 0 rings (SSSR count). The van der Waals surface area contributed by atoms with Gasteiger partial charge in [0.1, 0.15) is 0 Å². The van der Waals surface area contributed by atoms with E-state index in [-0.39, 0.29) is 17.9 Å². The van der Waals surface area contributed by atoms with Crippen LogP contribution in [0.1, 0.15) is 162 Å². The highest BCUT2D eigenvalue weighted by molar-refractivity contribution is 5.72. The van der Waals surface area contributed by atoms with E-state index < -0.39 is 0 Å². The van der Waals surface area contributed by atoms with Crippen molar-refractivity contribution in [3.8, 4) is 0 Å². The topological polar surface area (TPSA) is 52.6 Å². The van der Waals surface area contributed by atoms with Crippen molar-refractivity contribution >= 4 is 11.9 Å². The zero-order valence-electron chi connectivity index (χ0n) is 23.2. The molecule has 0 bridgehead atoms. The molecule has 0 aromatic heterocycles. The third-order valence-corrected chi connectivity index (χ3v) is 6.68. The van der Waals surface area contributed by atoms with Crippen molar-refractivity contribution in [3.63, 3.8) is 0 Å². The lowest BCUT2D eigenvalue weighted by Gasteiger charge is -2.16. The molecule has 0 N–H and O–H groups in total. The van der Waals surface area contributed by atoms with Gasteiger partial charge in [-0.1, -0.05) is 124 Å². The Labute approximate surface area is 212 Å². The van der Waals surface area contributed by atoms with E-state index in [4.69, 9.17) is 9.47 Å². The van der Waals surface area contributed by atoms with Gasteiger partial charge in [-0.3, -0.25) is 9.59 Å². The second-order valence-electron chi connectivity index (χ2n) is 10.1. The minimum atomic E-state index is -0.118. The first kappa shape index (κ1) is 32.9. The number of carbonyl (C=O) groups is 2. The fraction of sp³-hybridized carbons (Fsp3) is 0.933. The third kappa shape index (κ3) is 22.7. The molecule has 0 aliphatic rings. The molecule has 0 aliphatic carbocycles. The van der Waals surface area contributed by atoms with Crippen LogP contribution in [-0.4, -0.2) is 25.2 Å². The SMILES string of the molecule is CCCCCCCCCCC(CCCC(=O)OCCCCCCCC)C(=O)OCCCCCC. The maximum atomic E-state index is 12.7. The Morgan fingerprint density at radius 1 is 0.500 bits per heavy atom. The van der Waals surface area contributed by atoms with Gasteiger partial charge in [-0.2, -0.15) is 0 Å². The maximum Gasteiger partial charge on any atom is 0.308 e. The van der Waals surface area contributed by atoms with Gasteiger partial charge in [0.05, 0.1) is 19.1 Å². The number of rotatable bonds is 26. The minimum Gasteiger partial charge on any atom is -0.466 e. The molecule has 4 heteroatoms. The first-order valence-electron chi connectivity index (χ1n) is 15.0. The highest BCUT2D eigenvalue weighted by Gasteiger charge is 2.20. The zero-order chi connectivity index (χ0) is 25.1. The van der Waals surface area contributed by atoms with Crippen LogP contribution in [0.15, 0.2) is 0 Å². The van der Waals surface area contributed by atoms with E-state index in [2.05, 4.69) is 20.8 Å². The molecule has 0 saturated heterocycles. The minimum absolute atomic E-state index is 0.0557. The van der Waals surface area contributed by atoms with Gasteiger partial charge >= 0.3 is 11.9 Å². The molecule has 0 saturated carbocycles. The molecule has 202 valence electrons. The molecule has 0 heterocycles. The largest absolute Gasteiger partial charge is 0.466 e. The number of carbonyl (C=O) groups excluding carboxylic acids is 2. The van der Waals surface area contributed by atoms with E-state index >= 15 is 0 Å². The van der Waals surface area contributed by atoms with Crippen LogP contribution in [0.4, 0.5) is 0 Å². The van der Waals surface area contributed by atoms with E-state index in [9.17, 15) is 9.59 Å². The summed E-state index contributed by atoms with van der Waals surface area (Å²) in [6.07, 6.45) is 24.5. The third-order valence-electron chi connectivity index (χ3n) is 6.68. The van der Waals surface area contributed by atoms with Gasteiger partial charge in [0, 0.05) is 6.42 Å². The highest BCUT2D eigenvalue weighted by atomic mass is 16.5. The molecule has 0 fully saturated rings. The number of ether oxygens (including phenoxy) is 2. The molecule has 1 unspecified atom stereocenters. The number of esters is 2. The average molecular weight is 483 g/mol. The Kier molecular flexibility index (Phi) is 25.7. The summed E-state index contributed by atoms with van der Waals surface area (Å²) in [6.45, 7) is 7.72. The Hall–Kier alpha value is -1.06. The number of hydrogen-bond acceptors (Lipinski definition) is 4. The van der Waals surface area contributed by atoms with Gasteiger partial charge in [-0.05, 0) is 32.1 Å². The van der Waals surface area contributed by atoms with Crippen LogP contribution in [0.2, 0.25) is 0 Å². The highest BCUT2D eigenvalue weighted by Crippen LogP contribution is 2.20. The van der Waals surface area contributed by atoms with Crippen molar-refractivity contribution in [1.29, 1.82) is 0 Å². The predicted molar refractivity (Wildman–Crippen MR) is 144 cm³/mol. The van der Waals surface area contributed by atoms with Gasteiger partial charge in [0.15, 0.2) is 0 Å². The maximum absolute atomic E-state index is 12.7. The van der Waals surface area contributed by atoms with Gasteiger partial charge in [-0.15, -0.1) is 0 Å². The molecule has 4 nitrogen and oxygen atoms in total. The summed E-state index contributed by atoms with van der Waals surface area (Å²) in [5.41, 5.74) is 0. The molecule has 0 aromatic rings. The Balaban J connectivity index is 4.14. The van der Waals surface area contributed by atoms with Crippen molar-refractivity contribution in [3.05, 3.63) is 0 Å². The summed E-state index contributed by atoms with van der Waals surface area (Å²) in [6, 6.07) is 0. The van der Waals surface area contributed by atoms with E-state index in [0.29, 0.717) is 26.1 Å². The second kappa shape index (κ2) is 26.5. The fourth-order valence-electron chi connectivity index (χ4n) is 4.36. The Bertz CT molecular complexity index is 449. The van der Waals surface area contributed by atoms with Gasteiger partial charge in [0.2, 0.25) is 0 Å². The van der Waals surface area contributed by atoms with Gasteiger partial charge in [0.25, 0.3) is 0 Å². The molecular weight excluding hydrogens is 424 g/mol. The normalized spacial score (nSPS) is 12.0. The van der Waals surface area contributed by atoms with Gasteiger partial charge in [-0.25, -0.2) is 0 Å². The molecule has 1 atom stereocenters. The van der Waals surface area contributed by atoms with Crippen molar-refractivity contribution in [2.45, 2.75) is 162 Å². The molecule has 0 radical (unpaired) electrons. The monoisotopic (exact) mass is 482 g/mol. The lowest BCUT2D eigenvalue weighted by molar-refractivity contribution is -0.150. The molecular formula is C30H58O4. The van der Waals surface area contributed by atoms with Crippen LogP contribution < -0.4 is 0 Å². The van der Waals surface area contributed by atoms with Crippen molar-refractivity contribution in [2.24, 2.45) is 5.92 Å². The lowest BCUT2D eigenvalue weighted by Crippen LogP contribution is -2.19. The van der Waals surface area contributed by atoms with Crippen LogP contribution in [0.5, 0.6) is 0 Å². The summed E-state index contributed by atoms with van der Waals surface area (Å²) in [5, 5.41) is 0. The van der Waals surface area contributed by atoms with E-state index in [1.54, 1.807) is 0 Å². The quantitative estimate of drug-likeness (QED) is 0.0910. The first-order valence-corrected chi connectivity index (χ1v) is 15.0. The van der Waals surface area contributed by atoms with Crippen molar-refractivity contribution in [2.75, 3.05) is 13.2 Å². The molecule has 0 amide bonds. The summed E-state index contributed by atoms with van der Waals surface area (Å²) < 4.78 is 11.0. The standard InChI is InChI=1S/C30H58O4/c1-4-7-10-13-15-16-17-19-23-28(30(32)34-27-20-12-9-6-3)24-22-25-29(31)33-26-21-18-14-11-8-5-2/h28H,4-27H2,1-3H3. The van der Waals surface area contributed by atoms with Crippen LogP contribution in [-0.2, 0) is 19.1 Å². The summed E-state index contributed by atoms with van der Waals surface area (Å²) in [7, 11) is 0. The number of unbranched alkanes of at least 4 members (excludes halogenated alkanes) is 15. The Morgan fingerprint density at radius 3 is 1.47 bits per heavy atom. The van der Waals surface area contributed by atoms with Crippen LogP contribution in [0.25, 0.3) is 0 Å². The second-order valence-corrected chi connectivity index (χ2v) is 10.1.